The molecule has 4 rings (SSSR count). The van der Waals surface area contributed by atoms with Crippen molar-refractivity contribution in [2.45, 2.75) is 84.6 Å². The van der Waals surface area contributed by atoms with E-state index in [2.05, 4.69) is 31.2 Å². The highest BCUT2D eigenvalue weighted by molar-refractivity contribution is 6.12. The summed E-state index contributed by atoms with van der Waals surface area (Å²) < 4.78 is 0. The summed E-state index contributed by atoms with van der Waals surface area (Å²) in [5.41, 5.74) is -0.659. The fourth-order valence-electron chi connectivity index (χ4n) is 8.42. The van der Waals surface area contributed by atoms with Crippen LogP contribution < -0.4 is 0 Å². The van der Waals surface area contributed by atoms with Crippen LogP contribution in [0, 0.1) is 59.3 Å². The highest BCUT2D eigenvalue weighted by atomic mass is 16.4. The monoisotopic (exact) mass is 504 g/mol. The predicted octanol–water partition coefficient (Wildman–Crippen LogP) is 5.27. The number of carboxylic acid groups (broad SMARTS) is 1. The van der Waals surface area contributed by atoms with Crippen molar-refractivity contribution in [2.24, 2.45) is 40.4 Å². The van der Waals surface area contributed by atoms with Gasteiger partial charge in [-0.3, -0.25) is 19.2 Å². The minimum absolute atomic E-state index is 0.0455. The molecular weight excluding hydrogens is 466 g/mol. The third-order valence-electron chi connectivity index (χ3n) is 10.7. The molecule has 0 aromatic rings. The quantitative estimate of drug-likeness (QED) is 0.393. The smallest absolute Gasteiger partial charge is 0.317 e. The van der Waals surface area contributed by atoms with Gasteiger partial charge in [0.25, 0.3) is 6.57 Å². The van der Waals surface area contributed by atoms with E-state index in [-0.39, 0.29) is 53.4 Å². The molecular formula is C31H38NO5+. The maximum atomic E-state index is 14.0. The molecule has 2 saturated carbocycles. The highest BCUT2D eigenvalue weighted by Crippen LogP contribution is 2.66. The fourth-order valence-corrected chi connectivity index (χ4v) is 8.42. The van der Waals surface area contributed by atoms with E-state index in [1.165, 1.54) is 0 Å². The van der Waals surface area contributed by atoms with Crippen molar-refractivity contribution < 1.29 is 24.3 Å². The molecule has 8 atom stereocenters. The number of carbonyl (C=O) groups excluding carboxylic acids is 3. The van der Waals surface area contributed by atoms with Gasteiger partial charge >= 0.3 is 11.5 Å². The van der Waals surface area contributed by atoms with Crippen molar-refractivity contribution in [1.29, 1.82) is 0 Å². The van der Waals surface area contributed by atoms with Gasteiger partial charge < -0.3 is 5.11 Å². The average Bonchev–Trinajstić information content (AvgIpc) is 3.18. The van der Waals surface area contributed by atoms with E-state index >= 15 is 0 Å². The number of allylic oxidation sites excluding steroid dienone is 1. The molecule has 4 aliphatic carbocycles. The molecule has 0 radical (unpaired) electrons. The maximum Gasteiger partial charge on any atom is 0.317 e. The van der Waals surface area contributed by atoms with E-state index in [0.717, 1.165) is 19.3 Å². The predicted molar refractivity (Wildman–Crippen MR) is 141 cm³/mol. The van der Waals surface area contributed by atoms with Gasteiger partial charge in [-0.1, -0.05) is 36.8 Å². The Kier molecular flexibility index (Phi) is 6.64. The van der Waals surface area contributed by atoms with Crippen molar-refractivity contribution in [3.8, 4) is 18.9 Å². The van der Waals surface area contributed by atoms with Gasteiger partial charge in [0.05, 0.1) is 17.8 Å². The van der Waals surface area contributed by atoms with Crippen LogP contribution in [0.1, 0.15) is 79.1 Å². The summed E-state index contributed by atoms with van der Waals surface area (Å²) in [6.45, 7) is 17.8. The number of carbonyl (C=O) groups is 4. The number of nitrogens with zero attached hydrogens (tertiary/aromatic N) is 1. The van der Waals surface area contributed by atoms with Gasteiger partial charge in [-0.15, -0.1) is 6.42 Å². The van der Waals surface area contributed by atoms with Crippen LogP contribution in [0.2, 0.25) is 0 Å². The van der Waals surface area contributed by atoms with Crippen molar-refractivity contribution in [3.05, 3.63) is 28.1 Å². The first-order chi connectivity index (χ1) is 17.3. The SMILES string of the molecule is C#C[C@@H]1C(=O)CC[C@]2(C)C3=C(C(=O)C[C@@]12[N+]#C)[C@@H]1CC[C@H]([C@H](C)CCC(=C)C(C)C(=O)O)[C@@]1(C)CC3=O. The summed E-state index contributed by atoms with van der Waals surface area (Å²) in [6, 6.07) is 0. The molecule has 196 valence electrons. The molecule has 0 aromatic carbocycles. The Morgan fingerprint density at radius 2 is 1.86 bits per heavy atom. The van der Waals surface area contributed by atoms with E-state index in [1.54, 1.807) is 6.92 Å². The number of hydrogen-bond acceptors (Lipinski definition) is 4. The zero-order valence-corrected chi connectivity index (χ0v) is 22.4. The lowest BCUT2D eigenvalue weighted by atomic mass is 9.45. The Morgan fingerprint density at radius 1 is 1.19 bits per heavy atom. The van der Waals surface area contributed by atoms with Crippen LogP contribution in [0.3, 0.4) is 0 Å². The molecule has 0 bridgehead atoms. The summed E-state index contributed by atoms with van der Waals surface area (Å²) in [4.78, 5) is 56.1. The lowest BCUT2D eigenvalue weighted by molar-refractivity contribution is -0.140. The number of carboxylic acids is 1. The molecule has 0 spiro atoms. The van der Waals surface area contributed by atoms with Gasteiger partial charge in [-0.2, -0.15) is 0 Å². The first-order valence-electron chi connectivity index (χ1n) is 13.4. The zero-order valence-electron chi connectivity index (χ0n) is 22.4. The molecule has 0 aromatic heterocycles. The third-order valence-corrected chi connectivity index (χ3v) is 10.7. The molecule has 1 N–H and O–H groups in total. The lowest BCUT2D eigenvalue weighted by Crippen LogP contribution is -2.62. The number of terminal acetylenes is 1. The van der Waals surface area contributed by atoms with Gasteiger partial charge in [0, 0.05) is 24.0 Å². The number of ketones is 3. The summed E-state index contributed by atoms with van der Waals surface area (Å²) in [6.07, 6.45) is 9.81. The second kappa shape index (κ2) is 9.09. The van der Waals surface area contributed by atoms with E-state index in [4.69, 9.17) is 13.0 Å². The summed E-state index contributed by atoms with van der Waals surface area (Å²) in [7, 11) is 0. The molecule has 0 heterocycles. The van der Waals surface area contributed by atoms with Crippen LogP contribution in [0.15, 0.2) is 23.3 Å². The largest absolute Gasteiger partial charge is 0.481 e. The van der Waals surface area contributed by atoms with Crippen LogP contribution in [0.4, 0.5) is 0 Å². The molecule has 37 heavy (non-hydrogen) atoms. The molecule has 0 aliphatic heterocycles. The normalized spacial score (nSPS) is 38.5. The van der Waals surface area contributed by atoms with E-state index in [9.17, 15) is 24.3 Å². The second-order valence-electron chi connectivity index (χ2n) is 12.4. The molecule has 0 saturated heterocycles. The number of rotatable bonds is 6. The van der Waals surface area contributed by atoms with Gasteiger partial charge in [0.15, 0.2) is 23.3 Å². The van der Waals surface area contributed by atoms with Crippen LogP contribution in [-0.4, -0.2) is 34.0 Å². The minimum atomic E-state index is -1.29. The summed E-state index contributed by atoms with van der Waals surface area (Å²) in [5.74, 6) is 0.246. The van der Waals surface area contributed by atoms with Gasteiger partial charge in [0.1, 0.15) is 0 Å². The van der Waals surface area contributed by atoms with E-state index in [1.807, 2.05) is 6.92 Å². The van der Waals surface area contributed by atoms with Gasteiger partial charge in [0.2, 0.25) is 0 Å². The molecule has 4 aliphatic rings. The molecule has 6 heteroatoms. The van der Waals surface area contributed by atoms with Crippen LogP contribution in [0.25, 0.3) is 4.85 Å². The van der Waals surface area contributed by atoms with Crippen LogP contribution in [0.5, 0.6) is 0 Å². The lowest BCUT2D eigenvalue weighted by Gasteiger charge is -2.52. The number of hydrogen-bond donors (Lipinski definition) is 1. The van der Waals surface area contributed by atoms with Crippen molar-refractivity contribution in [3.63, 3.8) is 0 Å². The summed E-state index contributed by atoms with van der Waals surface area (Å²) >= 11 is 0. The topological polar surface area (TPSA) is 92.9 Å². The maximum absolute atomic E-state index is 14.0. The minimum Gasteiger partial charge on any atom is -0.481 e. The first kappa shape index (κ1) is 27.1. The first-order valence-corrected chi connectivity index (χ1v) is 13.4. The van der Waals surface area contributed by atoms with Crippen LogP contribution in [-0.2, 0) is 19.2 Å². The highest BCUT2D eigenvalue weighted by Gasteiger charge is 2.74. The number of aliphatic carboxylic acids is 1. The fraction of sp³-hybridized carbons (Fsp3) is 0.645. The molecule has 6 nitrogen and oxygen atoms in total. The molecule has 2 fully saturated rings. The number of Topliss-reactive ketones (excluding diaryl/α,β-unsaturated/α-hetero) is 3. The molecule has 0 amide bonds. The summed E-state index contributed by atoms with van der Waals surface area (Å²) in [5, 5.41) is 9.30. The van der Waals surface area contributed by atoms with E-state index in [0.29, 0.717) is 36.0 Å². The Balaban J connectivity index is 1.70. The van der Waals surface area contributed by atoms with Crippen molar-refractivity contribution in [1.82, 2.24) is 0 Å². The second-order valence-corrected chi connectivity index (χ2v) is 12.4. The molecule has 1 unspecified atom stereocenters. The van der Waals surface area contributed by atoms with Crippen molar-refractivity contribution >= 4 is 23.3 Å². The van der Waals surface area contributed by atoms with Crippen molar-refractivity contribution in [2.75, 3.05) is 0 Å². The number of fused-ring (bicyclic) bond motifs is 4. The third kappa shape index (κ3) is 3.67. The Hall–Kier alpha value is -2.99. The van der Waals surface area contributed by atoms with Gasteiger partial charge in [-0.05, 0) is 69.1 Å². The Morgan fingerprint density at radius 3 is 2.46 bits per heavy atom. The van der Waals surface area contributed by atoms with Crippen LogP contribution >= 0.6 is 0 Å². The average molecular weight is 505 g/mol. The zero-order chi connectivity index (χ0) is 27.5. The van der Waals surface area contributed by atoms with E-state index < -0.39 is 28.8 Å². The Bertz CT molecular complexity index is 1210. The standard InChI is InChI=1S/C31H37NO5/c1-8-20-23(33)13-14-30(6)27-25(35)15-29(5)21(18(3)10-9-17(2)19(4)28(36)37)11-12-22(29)26(27)24(34)16-31(20,30)32-7/h1,7,18-22H,2,9-16H2,3-6H3/p+1/t18-,19?,20-,21-,22+,29-,30-,31-/m1/s1. The Labute approximate surface area is 219 Å². The van der Waals surface area contributed by atoms with Gasteiger partial charge in [-0.25, -0.2) is 0 Å².